The van der Waals surface area contributed by atoms with E-state index in [1.807, 2.05) is 42.5 Å². The first-order valence-electron chi connectivity index (χ1n) is 6.64. The second-order valence-electron chi connectivity index (χ2n) is 4.34. The summed E-state index contributed by atoms with van der Waals surface area (Å²) in [5, 5.41) is 0. The molecule has 19 heavy (non-hydrogen) atoms. The van der Waals surface area contributed by atoms with Crippen molar-refractivity contribution in [3.63, 3.8) is 0 Å². The van der Waals surface area contributed by atoms with Crippen LogP contribution in [-0.4, -0.2) is 6.61 Å². The van der Waals surface area contributed by atoms with Crippen LogP contribution in [0.3, 0.4) is 0 Å². The van der Waals surface area contributed by atoms with Gasteiger partial charge in [0.15, 0.2) is 0 Å². The maximum Gasteiger partial charge on any atom is 0.119 e. The third-order valence-electron chi connectivity index (χ3n) is 2.67. The highest BCUT2D eigenvalue weighted by Gasteiger charge is 1.96. The Balaban J connectivity index is 1.82. The summed E-state index contributed by atoms with van der Waals surface area (Å²) in [5.41, 5.74) is 8.61. The summed E-state index contributed by atoms with van der Waals surface area (Å²) in [7, 11) is 0. The van der Waals surface area contributed by atoms with Crippen molar-refractivity contribution in [2.24, 2.45) is 0 Å². The van der Waals surface area contributed by atoms with Crippen LogP contribution in [0.4, 0.5) is 5.69 Å². The Morgan fingerprint density at radius 2 is 1.84 bits per heavy atom. The molecule has 100 valence electrons. The Kier molecular flexibility index (Phi) is 5.26. The van der Waals surface area contributed by atoms with Crippen LogP contribution in [0.5, 0.6) is 5.75 Å². The van der Waals surface area contributed by atoms with Gasteiger partial charge >= 0.3 is 0 Å². The van der Waals surface area contributed by atoms with Crippen molar-refractivity contribution < 1.29 is 4.74 Å². The van der Waals surface area contributed by atoms with Gasteiger partial charge in [0.05, 0.1) is 6.61 Å². The number of nitrogens with one attached hydrogen (secondary N) is 2. The Hall–Kier alpha value is -2.00. The summed E-state index contributed by atoms with van der Waals surface area (Å²) in [6, 6.07) is 18.2. The summed E-state index contributed by atoms with van der Waals surface area (Å²) in [6.07, 6.45) is 1.03. The molecule has 0 saturated carbocycles. The topological polar surface area (TPSA) is 33.3 Å². The zero-order valence-electron chi connectivity index (χ0n) is 11.2. The normalized spacial score (nSPS) is 10.2. The van der Waals surface area contributed by atoms with E-state index < -0.39 is 0 Å². The monoisotopic (exact) mass is 256 g/mol. The van der Waals surface area contributed by atoms with Crippen LogP contribution in [0.2, 0.25) is 0 Å². The first-order valence-corrected chi connectivity index (χ1v) is 6.64. The van der Waals surface area contributed by atoms with Crippen molar-refractivity contribution in [2.75, 3.05) is 12.0 Å². The average molecular weight is 256 g/mol. The maximum atomic E-state index is 5.61. The number of ether oxygens (including phenoxy) is 1. The minimum Gasteiger partial charge on any atom is -0.494 e. The van der Waals surface area contributed by atoms with Crippen molar-refractivity contribution in [1.82, 2.24) is 5.43 Å². The van der Waals surface area contributed by atoms with E-state index in [0.717, 1.165) is 31.0 Å². The quantitative estimate of drug-likeness (QED) is 0.743. The molecule has 0 bridgehead atoms. The minimum atomic E-state index is 0.748. The third-order valence-corrected chi connectivity index (χ3v) is 2.67. The van der Waals surface area contributed by atoms with Crippen LogP contribution in [0.1, 0.15) is 18.9 Å². The van der Waals surface area contributed by atoms with Crippen molar-refractivity contribution >= 4 is 5.69 Å². The molecular formula is C16H20N2O. The second kappa shape index (κ2) is 7.44. The number of hydrogen-bond acceptors (Lipinski definition) is 3. The van der Waals surface area contributed by atoms with Gasteiger partial charge in [-0.3, -0.25) is 0 Å². The van der Waals surface area contributed by atoms with Crippen LogP contribution >= 0.6 is 0 Å². The highest BCUT2D eigenvalue weighted by Crippen LogP contribution is 2.13. The molecule has 0 heterocycles. The molecular weight excluding hydrogens is 236 g/mol. The zero-order valence-corrected chi connectivity index (χ0v) is 11.2. The molecule has 0 aliphatic heterocycles. The molecule has 0 unspecified atom stereocenters. The van der Waals surface area contributed by atoms with E-state index >= 15 is 0 Å². The number of benzene rings is 2. The fourth-order valence-corrected chi connectivity index (χ4v) is 1.73. The van der Waals surface area contributed by atoms with E-state index in [0.29, 0.717) is 0 Å². The molecule has 2 N–H and O–H groups in total. The summed E-state index contributed by atoms with van der Waals surface area (Å²) in [5.74, 6) is 0.931. The molecule has 0 aliphatic carbocycles. The van der Waals surface area contributed by atoms with Gasteiger partial charge in [0.25, 0.3) is 0 Å². The lowest BCUT2D eigenvalue weighted by atomic mass is 10.2. The lowest BCUT2D eigenvalue weighted by Gasteiger charge is -2.10. The number of para-hydroxylation sites is 1. The lowest BCUT2D eigenvalue weighted by Crippen LogP contribution is -2.20. The van der Waals surface area contributed by atoms with E-state index in [-0.39, 0.29) is 0 Å². The molecule has 3 heteroatoms. The van der Waals surface area contributed by atoms with E-state index in [4.69, 9.17) is 4.74 Å². The predicted molar refractivity (Wildman–Crippen MR) is 79.1 cm³/mol. The smallest absolute Gasteiger partial charge is 0.119 e. The third kappa shape index (κ3) is 4.64. The van der Waals surface area contributed by atoms with Gasteiger partial charge in [-0.1, -0.05) is 37.3 Å². The van der Waals surface area contributed by atoms with Gasteiger partial charge in [-0.2, -0.15) is 0 Å². The Morgan fingerprint density at radius 3 is 2.63 bits per heavy atom. The van der Waals surface area contributed by atoms with E-state index in [2.05, 4.69) is 29.9 Å². The van der Waals surface area contributed by atoms with Crippen molar-refractivity contribution in [1.29, 1.82) is 0 Å². The van der Waals surface area contributed by atoms with Gasteiger partial charge in [0, 0.05) is 12.2 Å². The van der Waals surface area contributed by atoms with Gasteiger partial charge in [0.1, 0.15) is 5.75 Å². The van der Waals surface area contributed by atoms with Gasteiger partial charge in [-0.15, -0.1) is 0 Å². The molecule has 0 atom stereocenters. The number of rotatable bonds is 7. The fraction of sp³-hybridized carbons (Fsp3) is 0.250. The molecule has 0 aromatic heterocycles. The maximum absolute atomic E-state index is 5.61. The SMILES string of the molecule is CCCOc1cccc(CNNc2ccccc2)c1. The molecule has 0 aliphatic rings. The number of anilines is 1. The number of hydrogen-bond donors (Lipinski definition) is 2. The molecule has 2 rings (SSSR count). The standard InChI is InChI=1S/C16H20N2O/c1-2-11-19-16-10-6-7-14(12-16)13-17-18-15-8-4-3-5-9-15/h3-10,12,17-18H,2,11,13H2,1H3. The van der Waals surface area contributed by atoms with E-state index in [9.17, 15) is 0 Å². The highest BCUT2D eigenvalue weighted by atomic mass is 16.5. The summed E-state index contributed by atoms with van der Waals surface area (Å²) < 4.78 is 5.61. The highest BCUT2D eigenvalue weighted by molar-refractivity contribution is 5.41. The summed E-state index contributed by atoms with van der Waals surface area (Å²) >= 11 is 0. The molecule has 2 aromatic carbocycles. The van der Waals surface area contributed by atoms with Crippen LogP contribution in [0.15, 0.2) is 54.6 Å². The van der Waals surface area contributed by atoms with Crippen molar-refractivity contribution in [2.45, 2.75) is 19.9 Å². The minimum absolute atomic E-state index is 0.748. The summed E-state index contributed by atoms with van der Waals surface area (Å²) in [6.45, 7) is 3.62. The van der Waals surface area contributed by atoms with Crippen LogP contribution < -0.4 is 15.6 Å². The Bertz CT molecular complexity index is 485. The molecule has 0 amide bonds. The van der Waals surface area contributed by atoms with Gasteiger partial charge in [-0.25, -0.2) is 5.43 Å². The Labute approximate surface area is 114 Å². The van der Waals surface area contributed by atoms with E-state index in [1.54, 1.807) is 0 Å². The first kappa shape index (κ1) is 13.4. The average Bonchev–Trinajstić information content (AvgIpc) is 2.47. The van der Waals surface area contributed by atoms with Crippen LogP contribution in [-0.2, 0) is 6.54 Å². The molecule has 0 saturated heterocycles. The second-order valence-corrected chi connectivity index (χ2v) is 4.34. The lowest BCUT2D eigenvalue weighted by molar-refractivity contribution is 0.317. The van der Waals surface area contributed by atoms with Crippen LogP contribution in [0.25, 0.3) is 0 Å². The van der Waals surface area contributed by atoms with Gasteiger partial charge < -0.3 is 10.2 Å². The first-order chi connectivity index (χ1) is 9.38. The predicted octanol–water partition coefficient (Wildman–Crippen LogP) is 3.59. The van der Waals surface area contributed by atoms with Crippen molar-refractivity contribution in [3.8, 4) is 5.75 Å². The molecule has 2 aromatic rings. The molecule has 0 radical (unpaired) electrons. The fourth-order valence-electron chi connectivity index (χ4n) is 1.73. The molecule has 3 nitrogen and oxygen atoms in total. The molecule has 0 fully saturated rings. The van der Waals surface area contributed by atoms with Gasteiger partial charge in [-0.05, 0) is 36.2 Å². The summed E-state index contributed by atoms with van der Waals surface area (Å²) in [4.78, 5) is 0. The largest absolute Gasteiger partial charge is 0.494 e. The molecule has 0 spiro atoms. The Morgan fingerprint density at radius 1 is 1.00 bits per heavy atom. The van der Waals surface area contributed by atoms with E-state index in [1.165, 1.54) is 5.56 Å². The van der Waals surface area contributed by atoms with Gasteiger partial charge in [0.2, 0.25) is 0 Å². The zero-order chi connectivity index (χ0) is 13.3. The van der Waals surface area contributed by atoms with Crippen LogP contribution in [0, 0.1) is 0 Å². The number of hydrazine groups is 1. The van der Waals surface area contributed by atoms with Crippen molar-refractivity contribution in [3.05, 3.63) is 60.2 Å².